The van der Waals surface area contributed by atoms with Crippen molar-refractivity contribution in [3.8, 4) is 6.07 Å². The molecule has 0 radical (unpaired) electrons. The summed E-state index contributed by atoms with van der Waals surface area (Å²) in [6, 6.07) is 8.28. The van der Waals surface area contributed by atoms with E-state index in [-0.39, 0.29) is 10.5 Å². The maximum atomic E-state index is 12.6. The molecule has 0 aromatic heterocycles. The van der Waals surface area contributed by atoms with Crippen LogP contribution in [-0.2, 0) is 10.0 Å². The van der Waals surface area contributed by atoms with Crippen molar-refractivity contribution in [3.05, 3.63) is 29.8 Å². The van der Waals surface area contributed by atoms with Crippen molar-refractivity contribution >= 4 is 10.0 Å². The van der Waals surface area contributed by atoms with Crippen LogP contribution in [0.25, 0.3) is 0 Å². The first-order chi connectivity index (χ1) is 8.97. The molecule has 0 saturated heterocycles. The third-order valence-corrected chi connectivity index (χ3v) is 5.19. The second kappa shape index (κ2) is 6.69. The van der Waals surface area contributed by atoms with Crippen LogP contribution >= 0.6 is 0 Å². The molecule has 0 aliphatic carbocycles. The van der Waals surface area contributed by atoms with Gasteiger partial charge in [-0.05, 0) is 18.1 Å². The quantitative estimate of drug-likeness (QED) is 0.804. The Kier molecular flexibility index (Phi) is 5.52. The van der Waals surface area contributed by atoms with E-state index in [1.165, 1.54) is 16.4 Å². The van der Waals surface area contributed by atoms with Crippen LogP contribution in [0.1, 0.15) is 32.8 Å². The summed E-state index contributed by atoms with van der Waals surface area (Å²) in [5, 5.41) is 9.03. The largest absolute Gasteiger partial charge is 0.244 e. The van der Waals surface area contributed by atoms with Crippen molar-refractivity contribution in [1.29, 1.82) is 5.26 Å². The second-order valence-electron chi connectivity index (χ2n) is 4.58. The lowest BCUT2D eigenvalue weighted by Gasteiger charge is -2.23. The van der Waals surface area contributed by atoms with Crippen LogP contribution in [0.2, 0.25) is 0 Å². The number of hydrogen-bond donors (Lipinski definition) is 0. The topological polar surface area (TPSA) is 61.2 Å². The molecule has 0 heterocycles. The highest BCUT2D eigenvalue weighted by molar-refractivity contribution is 7.89. The lowest BCUT2D eigenvalue weighted by molar-refractivity contribution is 0.361. The Morgan fingerprint density at radius 2 is 1.95 bits per heavy atom. The van der Waals surface area contributed by atoms with Crippen LogP contribution in [0.5, 0.6) is 0 Å². The van der Waals surface area contributed by atoms with E-state index < -0.39 is 10.0 Å². The first-order valence-corrected chi connectivity index (χ1v) is 7.90. The Bertz CT molecular complexity index is 561. The minimum absolute atomic E-state index is 0.0997. The van der Waals surface area contributed by atoms with Crippen molar-refractivity contribution in [1.82, 2.24) is 4.31 Å². The fourth-order valence-corrected chi connectivity index (χ4v) is 3.51. The Morgan fingerprint density at radius 3 is 2.47 bits per heavy atom. The molecule has 1 unspecified atom stereocenters. The Morgan fingerprint density at radius 1 is 1.32 bits per heavy atom. The smallest absolute Gasteiger partial charge is 0.207 e. The molecule has 1 aromatic rings. The van der Waals surface area contributed by atoms with Gasteiger partial charge in [0.2, 0.25) is 10.0 Å². The minimum atomic E-state index is -3.59. The third-order valence-electron chi connectivity index (χ3n) is 3.19. The number of rotatable bonds is 6. The van der Waals surface area contributed by atoms with Gasteiger partial charge >= 0.3 is 0 Å². The van der Waals surface area contributed by atoms with Gasteiger partial charge in [0.15, 0.2) is 0 Å². The molecule has 1 atom stereocenters. The van der Waals surface area contributed by atoms with E-state index in [1.54, 1.807) is 12.1 Å². The first kappa shape index (κ1) is 15.7. The predicted molar refractivity (Wildman–Crippen MR) is 75.0 cm³/mol. The van der Waals surface area contributed by atoms with E-state index in [1.807, 2.05) is 26.8 Å². The fourth-order valence-electron chi connectivity index (χ4n) is 1.80. The minimum Gasteiger partial charge on any atom is -0.207 e. The molecule has 5 heteroatoms. The molecule has 0 aliphatic heterocycles. The normalized spacial score (nSPS) is 13.2. The SMILES string of the molecule is CCC(C)CN(CC)S(=O)(=O)c1ccccc1C#N. The van der Waals surface area contributed by atoms with Crippen molar-refractivity contribution in [2.75, 3.05) is 13.1 Å². The zero-order chi connectivity index (χ0) is 14.5. The summed E-state index contributed by atoms with van der Waals surface area (Å²) < 4.78 is 26.6. The van der Waals surface area contributed by atoms with Crippen molar-refractivity contribution in [3.63, 3.8) is 0 Å². The highest BCUT2D eigenvalue weighted by Crippen LogP contribution is 2.21. The van der Waals surface area contributed by atoms with Gasteiger partial charge in [-0.2, -0.15) is 9.57 Å². The molecular weight excluding hydrogens is 260 g/mol. The first-order valence-electron chi connectivity index (χ1n) is 6.46. The number of nitriles is 1. The van der Waals surface area contributed by atoms with E-state index in [2.05, 4.69) is 0 Å². The Hall–Kier alpha value is -1.38. The number of nitrogens with zero attached hydrogens (tertiary/aromatic N) is 2. The fraction of sp³-hybridized carbons (Fsp3) is 0.500. The number of benzene rings is 1. The van der Waals surface area contributed by atoms with Gasteiger partial charge < -0.3 is 0 Å². The molecule has 0 N–H and O–H groups in total. The summed E-state index contributed by atoms with van der Waals surface area (Å²) in [5.41, 5.74) is 0.199. The summed E-state index contributed by atoms with van der Waals surface area (Å²) in [6.45, 7) is 6.76. The van der Waals surface area contributed by atoms with Crippen LogP contribution in [0.15, 0.2) is 29.2 Å². The standard InChI is InChI=1S/C14H20N2O2S/c1-4-12(3)11-16(5-2)19(17,18)14-9-7-6-8-13(14)10-15/h6-9,12H,4-5,11H2,1-3H3. The van der Waals surface area contributed by atoms with Gasteiger partial charge in [-0.15, -0.1) is 0 Å². The molecule has 4 nitrogen and oxygen atoms in total. The molecule has 0 aliphatic rings. The van der Waals surface area contributed by atoms with E-state index in [0.29, 0.717) is 19.0 Å². The molecule has 1 rings (SSSR count). The van der Waals surface area contributed by atoms with Gasteiger partial charge in [0.1, 0.15) is 6.07 Å². The predicted octanol–water partition coefficient (Wildman–Crippen LogP) is 2.61. The van der Waals surface area contributed by atoms with E-state index in [0.717, 1.165) is 6.42 Å². The lowest BCUT2D eigenvalue weighted by Crippen LogP contribution is -2.34. The van der Waals surface area contributed by atoms with Crippen LogP contribution in [0, 0.1) is 17.2 Å². The third kappa shape index (κ3) is 3.55. The average molecular weight is 280 g/mol. The number of sulfonamides is 1. The summed E-state index contributed by atoms with van der Waals surface area (Å²) in [4.78, 5) is 0.0997. The Labute approximate surface area is 115 Å². The summed E-state index contributed by atoms with van der Waals surface area (Å²) in [6.07, 6.45) is 0.923. The van der Waals surface area contributed by atoms with Gasteiger partial charge in [-0.25, -0.2) is 8.42 Å². The van der Waals surface area contributed by atoms with Crippen molar-refractivity contribution in [2.24, 2.45) is 5.92 Å². The molecular formula is C14H20N2O2S. The average Bonchev–Trinajstić information content (AvgIpc) is 2.43. The Balaban J connectivity index is 3.18. The van der Waals surface area contributed by atoms with Gasteiger partial charge in [0.05, 0.1) is 10.5 Å². The van der Waals surface area contributed by atoms with Gasteiger partial charge in [0, 0.05) is 13.1 Å². The maximum Gasteiger partial charge on any atom is 0.244 e. The van der Waals surface area contributed by atoms with Gasteiger partial charge in [0.25, 0.3) is 0 Å². The van der Waals surface area contributed by atoms with E-state index in [4.69, 9.17) is 5.26 Å². The molecule has 1 aromatic carbocycles. The molecule has 104 valence electrons. The zero-order valence-corrected chi connectivity index (χ0v) is 12.4. The van der Waals surface area contributed by atoms with Crippen molar-refractivity contribution in [2.45, 2.75) is 32.1 Å². The highest BCUT2D eigenvalue weighted by atomic mass is 32.2. The van der Waals surface area contributed by atoms with E-state index >= 15 is 0 Å². The second-order valence-corrected chi connectivity index (χ2v) is 6.48. The molecule has 0 spiro atoms. The highest BCUT2D eigenvalue weighted by Gasteiger charge is 2.26. The zero-order valence-electron chi connectivity index (χ0n) is 11.6. The van der Waals surface area contributed by atoms with Crippen LogP contribution in [0.3, 0.4) is 0 Å². The molecule has 0 fully saturated rings. The van der Waals surface area contributed by atoms with Crippen LogP contribution in [-0.4, -0.2) is 25.8 Å². The lowest BCUT2D eigenvalue weighted by atomic mass is 10.1. The van der Waals surface area contributed by atoms with E-state index in [9.17, 15) is 8.42 Å². The van der Waals surface area contributed by atoms with Crippen molar-refractivity contribution < 1.29 is 8.42 Å². The molecule has 19 heavy (non-hydrogen) atoms. The van der Waals surface area contributed by atoms with Gasteiger partial charge in [-0.3, -0.25) is 0 Å². The summed E-state index contributed by atoms with van der Waals surface area (Å²) in [7, 11) is -3.59. The summed E-state index contributed by atoms with van der Waals surface area (Å²) >= 11 is 0. The monoisotopic (exact) mass is 280 g/mol. The maximum absolute atomic E-state index is 12.6. The van der Waals surface area contributed by atoms with Crippen LogP contribution in [0.4, 0.5) is 0 Å². The summed E-state index contributed by atoms with van der Waals surface area (Å²) in [5.74, 6) is 0.295. The van der Waals surface area contributed by atoms with Crippen LogP contribution < -0.4 is 0 Å². The van der Waals surface area contributed by atoms with Gasteiger partial charge in [-0.1, -0.05) is 39.3 Å². The molecule has 0 saturated carbocycles. The number of hydrogen-bond acceptors (Lipinski definition) is 3. The molecule has 0 bridgehead atoms. The molecule has 0 amide bonds.